The number of hydrogen-bond donors (Lipinski definition) is 6. The molecule has 0 heterocycles. The molecule has 1 fully saturated rings. The van der Waals surface area contributed by atoms with Crippen LogP contribution in [0.2, 0.25) is 0 Å². The molecule has 1 aliphatic rings. The maximum absolute atomic E-state index is 9.94. The fourth-order valence-electron chi connectivity index (χ4n) is 2.31. The number of rotatable bonds is 8. The molecule has 1 rings (SSSR count). The van der Waals surface area contributed by atoms with Crippen LogP contribution in [0.4, 0.5) is 0 Å². The minimum atomic E-state index is -1.50. The van der Waals surface area contributed by atoms with Crippen molar-refractivity contribution < 1.29 is 24.9 Å². The summed E-state index contributed by atoms with van der Waals surface area (Å²) < 4.78 is 4.30. The summed E-state index contributed by atoms with van der Waals surface area (Å²) in [6, 6.07) is 0.283. The highest BCUT2D eigenvalue weighted by atomic mass is 35.5. The van der Waals surface area contributed by atoms with Crippen molar-refractivity contribution in [3.8, 4) is 0 Å². The Morgan fingerprint density at radius 1 is 1.30 bits per heavy atom. The van der Waals surface area contributed by atoms with Crippen LogP contribution in [0.1, 0.15) is 73.6 Å². The van der Waals surface area contributed by atoms with Gasteiger partial charge in [-0.25, -0.2) is 10.6 Å². The molecule has 0 spiro atoms. The lowest BCUT2D eigenvalue weighted by Gasteiger charge is -2.27. The Morgan fingerprint density at radius 2 is 1.79 bits per heavy atom. The number of carbonyl (C=O) groups is 1. The third kappa shape index (κ3) is 22.1. The van der Waals surface area contributed by atoms with Crippen LogP contribution in [-0.2, 0) is 9.53 Å². The molecule has 33 heavy (non-hydrogen) atoms. The van der Waals surface area contributed by atoms with Gasteiger partial charge in [-0.2, -0.15) is 0 Å². The standard InChI is InChI=1S/C12H22ClN5S.C4H8O3.C3H8O2.C2H6/c1-2-7-16-12(10(14)11(13)17-8-19)18(15)9-5-3-4-6-9;1-2-7-4(6)3-5;1-3(2,4)5;1-2/h8-9H,2-7,14-15H2,1H3,(H,17,19);5H,2-3H2,1H3;4-5H,1-2H3;1-2H3/b11-10+,16-12?;;;. The van der Waals surface area contributed by atoms with Crippen LogP contribution in [0.15, 0.2) is 15.8 Å². The number of aliphatic imine (C=N–C) groups is 1. The van der Waals surface area contributed by atoms with E-state index in [-0.39, 0.29) is 11.2 Å². The first-order valence-electron chi connectivity index (χ1n) is 11.1. The highest BCUT2D eigenvalue weighted by Gasteiger charge is 2.25. The summed E-state index contributed by atoms with van der Waals surface area (Å²) in [5.41, 5.74) is 7.67. The number of esters is 1. The molecule has 10 nitrogen and oxygen atoms in total. The highest BCUT2D eigenvalue weighted by Crippen LogP contribution is 2.23. The quantitative estimate of drug-likeness (QED) is 0.0413. The number of hydrazine groups is 1. The van der Waals surface area contributed by atoms with Crippen molar-refractivity contribution in [2.45, 2.75) is 85.5 Å². The molecule has 0 saturated heterocycles. The predicted octanol–water partition coefficient (Wildman–Crippen LogP) is 2.10. The summed E-state index contributed by atoms with van der Waals surface area (Å²) in [4.78, 5) is 14.4. The van der Waals surface area contributed by atoms with Gasteiger partial charge in [-0.05, 0) is 40.0 Å². The molecule has 0 bridgehead atoms. The molecular weight excluding hydrogens is 470 g/mol. The lowest BCUT2D eigenvalue weighted by molar-refractivity contribution is -0.146. The van der Waals surface area contributed by atoms with Gasteiger partial charge in [0.1, 0.15) is 17.5 Å². The first-order valence-corrected chi connectivity index (χ1v) is 11.9. The van der Waals surface area contributed by atoms with Gasteiger partial charge in [-0.15, -0.1) is 0 Å². The number of amidine groups is 1. The van der Waals surface area contributed by atoms with Gasteiger partial charge in [-0.3, -0.25) is 10.0 Å². The second-order valence-electron chi connectivity index (χ2n) is 7.00. The maximum Gasteiger partial charge on any atom is 0.331 e. The molecule has 0 atom stereocenters. The number of halogens is 1. The Kier molecular flexibility index (Phi) is 24.4. The van der Waals surface area contributed by atoms with Crippen LogP contribution in [0.3, 0.4) is 0 Å². The topological polar surface area (TPSA) is 167 Å². The summed E-state index contributed by atoms with van der Waals surface area (Å²) in [5.74, 6) is 4.64. The van der Waals surface area contributed by atoms with Crippen molar-refractivity contribution in [1.29, 1.82) is 0 Å². The van der Waals surface area contributed by atoms with Gasteiger partial charge in [0.25, 0.3) is 0 Å². The average Bonchev–Trinajstić information content (AvgIpc) is 3.29. The molecule has 8 N–H and O–H groups in total. The van der Waals surface area contributed by atoms with Crippen LogP contribution in [0.5, 0.6) is 0 Å². The Balaban J connectivity index is -0.000000529. The van der Waals surface area contributed by atoms with E-state index in [1.807, 2.05) is 20.8 Å². The van der Waals surface area contributed by atoms with Gasteiger partial charge in [0.2, 0.25) is 0 Å². The Labute approximate surface area is 209 Å². The SMILES string of the molecule is CC.CC(C)(O)O.CCCN=C(/C(N)=C(/Cl)NC=S)N(N)C1CCCC1.CCOC(=O)CO. The number of aliphatic hydroxyl groups excluding tert-OH is 1. The highest BCUT2D eigenvalue weighted by molar-refractivity contribution is 7.78. The summed E-state index contributed by atoms with van der Waals surface area (Å²) >= 11 is 10.7. The van der Waals surface area contributed by atoms with Crippen LogP contribution < -0.4 is 16.9 Å². The van der Waals surface area contributed by atoms with Gasteiger partial charge in [0, 0.05) is 12.6 Å². The van der Waals surface area contributed by atoms with Crippen molar-refractivity contribution in [2.24, 2.45) is 16.6 Å². The zero-order valence-electron chi connectivity index (χ0n) is 20.8. The van der Waals surface area contributed by atoms with Crippen LogP contribution >= 0.6 is 23.8 Å². The zero-order valence-corrected chi connectivity index (χ0v) is 22.4. The third-order valence-electron chi connectivity index (χ3n) is 3.55. The molecule has 196 valence electrons. The Morgan fingerprint density at radius 3 is 2.12 bits per heavy atom. The predicted molar refractivity (Wildman–Crippen MR) is 138 cm³/mol. The molecule has 0 aromatic heterocycles. The van der Waals surface area contributed by atoms with E-state index in [1.54, 1.807) is 11.9 Å². The van der Waals surface area contributed by atoms with Crippen molar-refractivity contribution in [3.05, 3.63) is 10.9 Å². The molecule has 0 radical (unpaired) electrons. The van der Waals surface area contributed by atoms with Gasteiger partial charge in [-0.1, -0.05) is 57.4 Å². The fraction of sp³-hybridized carbons (Fsp3) is 0.762. The van der Waals surface area contributed by atoms with E-state index in [9.17, 15) is 4.79 Å². The monoisotopic (exact) mass is 513 g/mol. The van der Waals surface area contributed by atoms with E-state index in [0.29, 0.717) is 24.7 Å². The Bertz CT molecular complexity index is 574. The summed E-state index contributed by atoms with van der Waals surface area (Å²) in [6.45, 7) is 10.8. The van der Waals surface area contributed by atoms with Crippen LogP contribution in [0.25, 0.3) is 0 Å². The van der Waals surface area contributed by atoms with Crippen LogP contribution in [-0.4, -0.2) is 69.2 Å². The second kappa shape index (κ2) is 22.3. The summed E-state index contributed by atoms with van der Waals surface area (Å²) in [5, 5.41) is 28.8. The lowest BCUT2D eigenvalue weighted by atomic mass is 10.2. The van der Waals surface area contributed by atoms with E-state index in [4.69, 9.17) is 50.7 Å². The van der Waals surface area contributed by atoms with E-state index < -0.39 is 18.4 Å². The van der Waals surface area contributed by atoms with Crippen molar-refractivity contribution in [3.63, 3.8) is 0 Å². The fourth-order valence-corrected chi connectivity index (χ4v) is 2.63. The number of aliphatic hydroxyl groups is 3. The smallest absolute Gasteiger partial charge is 0.331 e. The number of carbonyl (C=O) groups excluding carboxylic acids is 1. The molecule has 0 amide bonds. The molecule has 1 aliphatic carbocycles. The number of thiocarbonyl (C=S) groups is 1. The van der Waals surface area contributed by atoms with Crippen LogP contribution in [0, 0.1) is 0 Å². The Hall–Kier alpha value is -1.50. The second-order valence-corrected chi connectivity index (χ2v) is 7.61. The van der Waals surface area contributed by atoms with Crippen molar-refractivity contribution >= 4 is 41.1 Å². The summed E-state index contributed by atoms with van der Waals surface area (Å²) in [6.07, 6.45) is 5.43. The first-order chi connectivity index (χ1) is 15.4. The van der Waals surface area contributed by atoms with Gasteiger partial charge >= 0.3 is 5.97 Å². The summed E-state index contributed by atoms with van der Waals surface area (Å²) in [7, 11) is 0. The normalized spacial score (nSPS) is 14.2. The van der Waals surface area contributed by atoms with Crippen molar-refractivity contribution in [2.75, 3.05) is 19.8 Å². The molecule has 0 aromatic rings. The minimum absolute atomic E-state index is 0.262. The molecule has 0 unspecified atom stereocenters. The lowest BCUT2D eigenvalue weighted by Crippen LogP contribution is -2.47. The molecular formula is C21H44ClN5O5S. The first kappa shape index (κ1) is 36.1. The van der Waals surface area contributed by atoms with E-state index in [2.05, 4.69) is 15.0 Å². The zero-order chi connectivity index (χ0) is 26.4. The van der Waals surface area contributed by atoms with Gasteiger partial charge in [0.15, 0.2) is 11.6 Å². The third-order valence-corrected chi connectivity index (χ3v) is 3.98. The minimum Gasteiger partial charge on any atom is -0.464 e. The molecule has 0 aromatic carbocycles. The number of nitrogens with zero attached hydrogens (tertiary/aromatic N) is 2. The molecule has 1 saturated carbocycles. The largest absolute Gasteiger partial charge is 0.464 e. The molecule has 0 aliphatic heterocycles. The number of nitrogens with two attached hydrogens (primary N) is 2. The van der Waals surface area contributed by atoms with E-state index in [0.717, 1.165) is 19.3 Å². The van der Waals surface area contributed by atoms with Crippen molar-refractivity contribution in [1.82, 2.24) is 10.3 Å². The van der Waals surface area contributed by atoms with Gasteiger partial charge in [0.05, 0.1) is 12.1 Å². The molecule has 12 heteroatoms. The number of hydrogen-bond acceptors (Lipinski definition) is 9. The van der Waals surface area contributed by atoms with E-state index in [1.165, 1.54) is 32.2 Å². The number of ether oxygens (including phenoxy) is 1. The van der Waals surface area contributed by atoms with Gasteiger partial charge < -0.3 is 31.1 Å². The number of nitrogens with one attached hydrogen (secondary N) is 1. The van der Waals surface area contributed by atoms with E-state index >= 15 is 0 Å². The maximum atomic E-state index is 9.94. The average molecular weight is 514 g/mol.